The van der Waals surface area contributed by atoms with E-state index in [4.69, 9.17) is 15.9 Å². The summed E-state index contributed by atoms with van der Waals surface area (Å²) in [6, 6.07) is 34.5. The van der Waals surface area contributed by atoms with E-state index in [1.807, 2.05) is 43.3 Å². The number of aromatic nitrogens is 2. The Bertz CT molecular complexity index is 4210. The molecule has 0 amide bonds. The van der Waals surface area contributed by atoms with Crippen LogP contribution in [0.15, 0.2) is 174 Å². The molecule has 1 saturated heterocycles. The number of allylic oxidation sites excluding steroid dienone is 6. The quantitative estimate of drug-likeness (QED) is 0.0578. The van der Waals surface area contributed by atoms with Gasteiger partial charge in [-0.2, -0.15) is 4.31 Å². The van der Waals surface area contributed by atoms with Gasteiger partial charge in [-0.05, 0) is 171 Å². The zero-order valence-corrected chi connectivity index (χ0v) is 58.3. The molecule has 3 atom stereocenters. The number of thiophene rings is 3. The molecule has 20 heteroatoms. The van der Waals surface area contributed by atoms with Crippen LogP contribution in [0.1, 0.15) is 119 Å². The molecule has 3 aromatic carbocycles. The highest BCUT2D eigenvalue weighted by molar-refractivity contribution is 7.94. The number of nitrogens with zero attached hydrogens (tertiary/aromatic N) is 3. The van der Waals surface area contributed by atoms with Gasteiger partial charge in [-0.1, -0.05) is 96.7 Å². The fourth-order valence-electron chi connectivity index (χ4n) is 11.6. The summed E-state index contributed by atoms with van der Waals surface area (Å²) in [6.07, 6.45) is 23.0. The van der Waals surface area contributed by atoms with Crippen molar-refractivity contribution in [2.75, 3.05) is 43.3 Å². The minimum absolute atomic E-state index is 0.204. The predicted molar refractivity (Wildman–Crippen MR) is 377 cm³/mol. The fourth-order valence-corrected chi connectivity index (χ4v) is 21.3. The van der Waals surface area contributed by atoms with Crippen LogP contribution in [0.25, 0.3) is 31.5 Å². The lowest BCUT2D eigenvalue weighted by molar-refractivity contribution is 0.347. The Morgan fingerprint density at radius 2 is 1.27 bits per heavy atom. The number of benzene rings is 3. The number of ether oxygens (including phenoxy) is 2. The Morgan fingerprint density at radius 1 is 0.670 bits per heavy atom. The molecule has 4 aromatic heterocycles. The van der Waals surface area contributed by atoms with Crippen molar-refractivity contribution < 1.29 is 34.7 Å². The van der Waals surface area contributed by atoms with Crippen LogP contribution in [-0.4, -0.2) is 77.3 Å². The van der Waals surface area contributed by atoms with Gasteiger partial charge in [0.2, 0.25) is 5.95 Å². The third-order valence-electron chi connectivity index (χ3n) is 17.0. The molecule has 91 heavy (non-hydrogen) atoms. The number of methoxy groups -OCH3 is 2. The molecular formula is C71H84N6O8S6. The van der Waals surface area contributed by atoms with Gasteiger partial charge in [0.25, 0.3) is 10.0 Å². The number of hydrogen-bond acceptors (Lipinski definition) is 16. The zero-order chi connectivity index (χ0) is 65.0. The van der Waals surface area contributed by atoms with E-state index in [0.717, 1.165) is 94.2 Å². The average Bonchev–Trinajstić information content (AvgIpc) is 2.10. The number of sulfone groups is 2. The van der Waals surface area contributed by atoms with E-state index in [-0.39, 0.29) is 5.25 Å². The number of sulfonamides is 1. The summed E-state index contributed by atoms with van der Waals surface area (Å²) in [7, 11) is -6.89. The molecule has 0 bridgehead atoms. The fraction of sp³-hybridized carbons (Fsp3) is 0.380. The first-order valence-corrected chi connectivity index (χ1v) is 38.2. The van der Waals surface area contributed by atoms with Gasteiger partial charge >= 0.3 is 0 Å². The van der Waals surface area contributed by atoms with E-state index in [2.05, 4.69) is 122 Å². The summed E-state index contributed by atoms with van der Waals surface area (Å²) in [4.78, 5) is 11.5. The van der Waals surface area contributed by atoms with Crippen molar-refractivity contribution in [1.29, 1.82) is 0 Å². The summed E-state index contributed by atoms with van der Waals surface area (Å²) < 4.78 is 91.5. The number of nitrogens with one attached hydrogen (secondary N) is 3. The van der Waals surface area contributed by atoms with Gasteiger partial charge < -0.3 is 25.4 Å². The molecule has 3 N–H and O–H groups in total. The molecule has 4 aliphatic rings. The van der Waals surface area contributed by atoms with Gasteiger partial charge in [0, 0.05) is 81.8 Å². The highest BCUT2D eigenvalue weighted by Crippen LogP contribution is 2.41. The largest absolute Gasteiger partial charge is 0.493 e. The predicted octanol–water partition coefficient (Wildman–Crippen LogP) is 17.9. The van der Waals surface area contributed by atoms with Gasteiger partial charge in [0.15, 0.2) is 31.2 Å². The monoisotopic (exact) mass is 1340 g/mol. The minimum atomic E-state index is -3.45. The molecule has 11 rings (SSSR count). The topological polar surface area (TPSA) is 186 Å². The van der Waals surface area contributed by atoms with Crippen LogP contribution in [0.3, 0.4) is 0 Å². The van der Waals surface area contributed by atoms with Gasteiger partial charge in [-0.25, -0.2) is 35.2 Å². The number of terminal acetylenes is 1. The molecular weight excluding hydrogens is 1260 g/mol. The number of piperidine rings is 1. The SMILES string of the molecule is C#CCCC(CC)S(=O)(=O)c1ccc(-c2ccnc(Nc3ccc(OC)c(OC)c3)n2)s1.CC(C)C1=CC(C)C(Nc2cccc(-c3ccc(S(=O)(=O)C4CCCCC4)s3)c2)=C1.CC1=CC(C)C(Nc2cccc(-c3ccc(S(=O)(=O)N4CCCCC4)s3)c2)=C1C. The molecule has 482 valence electrons. The van der Waals surface area contributed by atoms with Crippen molar-refractivity contribution in [2.45, 2.75) is 142 Å². The van der Waals surface area contributed by atoms with E-state index in [0.29, 0.717) is 85.9 Å². The van der Waals surface area contributed by atoms with Crippen molar-refractivity contribution >= 4 is 86.7 Å². The number of anilines is 4. The second-order valence-electron chi connectivity index (χ2n) is 23.7. The van der Waals surface area contributed by atoms with Crippen LogP contribution in [0.5, 0.6) is 11.5 Å². The number of hydrogen-bond donors (Lipinski definition) is 3. The average molecular weight is 1340 g/mol. The molecule has 0 spiro atoms. The van der Waals surface area contributed by atoms with Crippen LogP contribution in [0, 0.1) is 30.1 Å². The van der Waals surface area contributed by atoms with Crippen LogP contribution in [-0.2, 0) is 29.7 Å². The second-order valence-corrected chi connectivity index (χ2v) is 34.0. The molecule has 5 heterocycles. The molecule has 0 radical (unpaired) electrons. The standard InChI is InChI=1S/C25H31NO2S2.C23H25N3O4S2.C23H28N2O2S2/c1-17(2)20-14-18(3)23(16-20)26-21-9-7-8-19(15-21)24-12-13-25(29-24)30(27,28)22-10-5-4-6-11-22;1-5-7-8-17(6-2)32(27,28)22-12-11-21(31-22)18-13-14-24-23(26-18)25-16-9-10-19(29-3)20(15-16)30-4;1-16-14-17(2)23(18(16)3)24-20-9-7-8-19(15-20)21-10-11-22(28-21)29(26,27)25-12-5-4-6-13-25/h7-9,12-18,22,26H,4-6,10-11H2,1-3H3;1,9-15,17H,6-8H2,2-4H3,(H,24,25,26);7-11,14-15,17,24H,4-6,12-13H2,1-3H3. The van der Waals surface area contributed by atoms with Crippen molar-refractivity contribution in [3.63, 3.8) is 0 Å². The summed E-state index contributed by atoms with van der Waals surface area (Å²) in [5.74, 6) is 5.38. The molecule has 2 fully saturated rings. The summed E-state index contributed by atoms with van der Waals surface area (Å²) >= 11 is 3.96. The number of rotatable bonds is 21. The maximum atomic E-state index is 13.0. The smallest absolute Gasteiger partial charge is 0.252 e. The maximum Gasteiger partial charge on any atom is 0.252 e. The maximum absolute atomic E-state index is 13.0. The molecule has 14 nitrogen and oxygen atoms in total. The lowest BCUT2D eigenvalue weighted by atomic mass is 10.0. The van der Waals surface area contributed by atoms with Crippen molar-refractivity contribution in [2.24, 2.45) is 17.8 Å². The third kappa shape index (κ3) is 16.7. The van der Waals surface area contributed by atoms with E-state index < -0.39 is 34.9 Å². The van der Waals surface area contributed by atoms with E-state index >= 15 is 0 Å². The Hall–Kier alpha value is -6.83. The van der Waals surface area contributed by atoms with E-state index in [1.165, 1.54) is 62.1 Å². The van der Waals surface area contributed by atoms with Gasteiger partial charge in [-0.3, -0.25) is 0 Å². The van der Waals surface area contributed by atoms with Gasteiger partial charge in [0.1, 0.15) is 12.6 Å². The Morgan fingerprint density at radius 3 is 1.89 bits per heavy atom. The Balaban J connectivity index is 0.000000162. The Labute approximate surface area is 552 Å². The van der Waals surface area contributed by atoms with Crippen LogP contribution in [0.4, 0.5) is 23.0 Å². The summed E-state index contributed by atoms with van der Waals surface area (Å²) in [5, 5.41) is 9.59. The van der Waals surface area contributed by atoms with E-state index in [1.54, 1.807) is 67.2 Å². The zero-order valence-electron chi connectivity index (χ0n) is 53.4. The van der Waals surface area contributed by atoms with Crippen molar-refractivity contribution in [3.05, 3.63) is 162 Å². The third-order valence-corrected chi connectivity index (χ3v) is 28.4. The van der Waals surface area contributed by atoms with Gasteiger partial charge in [0.05, 0.1) is 35.3 Å². The minimum Gasteiger partial charge on any atom is -0.493 e. The first-order valence-electron chi connectivity index (χ1n) is 31.2. The van der Waals surface area contributed by atoms with Crippen molar-refractivity contribution in [1.82, 2.24) is 14.3 Å². The first kappa shape index (κ1) is 68.5. The lowest BCUT2D eigenvalue weighted by Crippen LogP contribution is -2.35. The first-order chi connectivity index (χ1) is 43.6. The molecule has 3 aliphatic carbocycles. The van der Waals surface area contributed by atoms with Crippen LogP contribution in [0.2, 0.25) is 0 Å². The highest BCUT2D eigenvalue weighted by Gasteiger charge is 2.32. The van der Waals surface area contributed by atoms with Crippen LogP contribution >= 0.6 is 34.0 Å². The van der Waals surface area contributed by atoms with Crippen LogP contribution < -0.4 is 25.4 Å². The summed E-state index contributed by atoms with van der Waals surface area (Å²) in [6.45, 7) is 16.3. The normalized spacial score (nSPS) is 17.6. The van der Waals surface area contributed by atoms with E-state index in [9.17, 15) is 25.3 Å². The molecule has 7 aromatic rings. The van der Waals surface area contributed by atoms with Gasteiger partial charge in [-0.15, -0.1) is 46.4 Å². The highest BCUT2D eigenvalue weighted by atomic mass is 32.3. The molecule has 3 unspecified atom stereocenters. The lowest BCUT2D eigenvalue weighted by Gasteiger charge is -2.25. The second kappa shape index (κ2) is 30.7. The Kier molecular flexibility index (Phi) is 23.1. The summed E-state index contributed by atoms with van der Waals surface area (Å²) in [5.41, 5.74) is 12.0. The van der Waals surface area contributed by atoms with Crippen molar-refractivity contribution in [3.8, 4) is 55.3 Å². The molecule has 1 aliphatic heterocycles. The molecule has 1 saturated carbocycles.